The third-order valence-corrected chi connectivity index (χ3v) is 4.42. The topological polar surface area (TPSA) is 30.7 Å². The quantitative estimate of drug-likeness (QED) is 0.692. The first-order valence-electron chi connectivity index (χ1n) is 7.31. The SMILES string of the molecule is ClCCc1nc2cccnc2n1C1Cc2ccccc2C1. The van der Waals surface area contributed by atoms with Crippen LogP contribution in [0.3, 0.4) is 0 Å². The van der Waals surface area contributed by atoms with E-state index in [4.69, 9.17) is 16.6 Å². The number of fused-ring (bicyclic) bond motifs is 2. The predicted molar refractivity (Wildman–Crippen MR) is 84.8 cm³/mol. The van der Waals surface area contributed by atoms with E-state index in [1.165, 1.54) is 11.1 Å². The molecule has 3 aromatic rings. The molecule has 0 amide bonds. The Morgan fingerprint density at radius 2 is 1.86 bits per heavy atom. The Balaban J connectivity index is 1.81. The first-order chi connectivity index (χ1) is 10.4. The molecule has 4 rings (SSSR count). The highest BCUT2D eigenvalue weighted by Gasteiger charge is 2.26. The van der Waals surface area contributed by atoms with Gasteiger partial charge in [0.1, 0.15) is 11.3 Å². The Bertz CT molecular complexity index is 769. The fourth-order valence-corrected chi connectivity index (χ4v) is 3.51. The van der Waals surface area contributed by atoms with Gasteiger partial charge in [-0.25, -0.2) is 9.97 Å². The summed E-state index contributed by atoms with van der Waals surface area (Å²) < 4.78 is 2.30. The first kappa shape index (κ1) is 12.8. The summed E-state index contributed by atoms with van der Waals surface area (Å²) in [4.78, 5) is 9.27. The van der Waals surface area contributed by atoms with Crippen molar-refractivity contribution >= 4 is 22.8 Å². The molecular weight excluding hydrogens is 282 g/mol. The van der Waals surface area contributed by atoms with Crippen LogP contribution in [0.15, 0.2) is 42.6 Å². The van der Waals surface area contributed by atoms with Gasteiger partial charge in [0.2, 0.25) is 0 Å². The summed E-state index contributed by atoms with van der Waals surface area (Å²) in [5.74, 6) is 1.64. The fourth-order valence-electron chi connectivity index (χ4n) is 3.34. The summed E-state index contributed by atoms with van der Waals surface area (Å²) in [5.41, 5.74) is 4.83. The molecule has 2 heterocycles. The van der Waals surface area contributed by atoms with E-state index in [0.717, 1.165) is 36.3 Å². The van der Waals surface area contributed by atoms with Crippen molar-refractivity contribution in [3.63, 3.8) is 0 Å². The molecule has 0 fully saturated rings. The molecule has 1 aliphatic carbocycles. The van der Waals surface area contributed by atoms with Gasteiger partial charge in [-0.15, -0.1) is 11.6 Å². The largest absolute Gasteiger partial charge is 0.309 e. The number of aryl methyl sites for hydroxylation is 1. The molecular formula is C17H16ClN3. The highest BCUT2D eigenvalue weighted by atomic mass is 35.5. The van der Waals surface area contributed by atoms with Crippen LogP contribution in [-0.2, 0) is 19.3 Å². The van der Waals surface area contributed by atoms with E-state index in [-0.39, 0.29) is 0 Å². The molecule has 4 heteroatoms. The molecule has 21 heavy (non-hydrogen) atoms. The molecule has 1 aromatic carbocycles. The highest BCUT2D eigenvalue weighted by molar-refractivity contribution is 6.17. The minimum absolute atomic E-state index is 0.403. The number of rotatable bonds is 3. The second-order valence-corrected chi connectivity index (χ2v) is 5.89. The number of alkyl halides is 1. The van der Waals surface area contributed by atoms with Crippen LogP contribution in [0.5, 0.6) is 0 Å². The molecule has 2 aromatic heterocycles. The van der Waals surface area contributed by atoms with Crippen LogP contribution >= 0.6 is 11.6 Å². The standard InChI is InChI=1S/C17H16ClN3/c18-8-7-16-20-15-6-3-9-19-17(15)21(16)14-10-12-4-1-2-5-13(12)11-14/h1-6,9,14H,7-8,10-11H2. The predicted octanol–water partition coefficient (Wildman–Crippen LogP) is 3.55. The van der Waals surface area contributed by atoms with Crippen molar-refractivity contribution in [2.45, 2.75) is 25.3 Å². The molecule has 0 aliphatic heterocycles. The maximum absolute atomic E-state index is 5.96. The summed E-state index contributed by atoms with van der Waals surface area (Å²) in [5, 5.41) is 0. The molecule has 0 atom stereocenters. The van der Waals surface area contributed by atoms with Gasteiger partial charge in [-0.05, 0) is 36.1 Å². The molecule has 3 nitrogen and oxygen atoms in total. The third-order valence-electron chi connectivity index (χ3n) is 4.23. The number of halogens is 1. The van der Waals surface area contributed by atoms with E-state index >= 15 is 0 Å². The van der Waals surface area contributed by atoms with Crippen LogP contribution in [0, 0.1) is 0 Å². The highest BCUT2D eigenvalue weighted by Crippen LogP contribution is 2.33. The number of hydrogen-bond acceptors (Lipinski definition) is 2. The summed E-state index contributed by atoms with van der Waals surface area (Å²) in [7, 11) is 0. The Morgan fingerprint density at radius 3 is 2.57 bits per heavy atom. The monoisotopic (exact) mass is 297 g/mol. The fraction of sp³-hybridized carbons (Fsp3) is 0.294. The second-order valence-electron chi connectivity index (χ2n) is 5.51. The second kappa shape index (κ2) is 5.15. The molecule has 1 aliphatic rings. The third kappa shape index (κ3) is 2.12. The summed E-state index contributed by atoms with van der Waals surface area (Å²) in [6, 6.07) is 13.1. The minimum atomic E-state index is 0.403. The summed E-state index contributed by atoms with van der Waals surface area (Å²) in [6.45, 7) is 0. The lowest BCUT2D eigenvalue weighted by molar-refractivity contribution is 0.520. The van der Waals surface area contributed by atoms with Gasteiger partial charge in [-0.3, -0.25) is 0 Å². The van der Waals surface area contributed by atoms with Gasteiger partial charge >= 0.3 is 0 Å². The Morgan fingerprint density at radius 1 is 1.10 bits per heavy atom. The van der Waals surface area contributed by atoms with Crippen molar-refractivity contribution in [2.75, 3.05) is 5.88 Å². The van der Waals surface area contributed by atoms with Crippen LogP contribution in [0.2, 0.25) is 0 Å². The van der Waals surface area contributed by atoms with Crippen molar-refractivity contribution in [2.24, 2.45) is 0 Å². The van der Waals surface area contributed by atoms with Gasteiger partial charge < -0.3 is 4.57 Å². The lowest BCUT2D eigenvalue weighted by Crippen LogP contribution is -2.13. The Hall–Kier alpha value is -1.87. The molecule has 0 bridgehead atoms. The van der Waals surface area contributed by atoms with Crippen LogP contribution in [0.4, 0.5) is 0 Å². The summed E-state index contributed by atoms with van der Waals surface area (Å²) >= 11 is 5.96. The first-order valence-corrected chi connectivity index (χ1v) is 7.85. The van der Waals surface area contributed by atoms with Gasteiger partial charge in [0.15, 0.2) is 5.65 Å². The van der Waals surface area contributed by atoms with E-state index in [2.05, 4.69) is 33.8 Å². The van der Waals surface area contributed by atoms with Crippen molar-refractivity contribution < 1.29 is 0 Å². The molecule has 0 saturated heterocycles. The number of pyridine rings is 1. The number of imidazole rings is 1. The van der Waals surface area contributed by atoms with Crippen molar-refractivity contribution in [3.8, 4) is 0 Å². The van der Waals surface area contributed by atoms with E-state index in [0.29, 0.717) is 11.9 Å². The lowest BCUT2D eigenvalue weighted by Gasteiger charge is -2.15. The number of nitrogens with zero attached hydrogens (tertiary/aromatic N) is 3. The Kier molecular flexibility index (Phi) is 3.15. The minimum Gasteiger partial charge on any atom is -0.309 e. The number of hydrogen-bond donors (Lipinski definition) is 0. The van der Waals surface area contributed by atoms with Gasteiger partial charge in [-0.2, -0.15) is 0 Å². The average Bonchev–Trinajstić information content (AvgIpc) is 3.07. The molecule has 106 valence electrons. The maximum Gasteiger partial charge on any atom is 0.160 e. The zero-order chi connectivity index (χ0) is 14.2. The molecule has 0 saturated carbocycles. The smallest absolute Gasteiger partial charge is 0.160 e. The van der Waals surface area contributed by atoms with Crippen molar-refractivity contribution in [1.29, 1.82) is 0 Å². The zero-order valence-electron chi connectivity index (χ0n) is 11.7. The maximum atomic E-state index is 5.96. The lowest BCUT2D eigenvalue weighted by atomic mass is 10.1. The molecule has 0 radical (unpaired) electrons. The zero-order valence-corrected chi connectivity index (χ0v) is 12.4. The molecule has 0 spiro atoms. The average molecular weight is 298 g/mol. The number of benzene rings is 1. The van der Waals surface area contributed by atoms with Crippen LogP contribution < -0.4 is 0 Å². The van der Waals surface area contributed by atoms with Crippen molar-refractivity contribution in [1.82, 2.24) is 14.5 Å². The van der Waals surface area contributed by atoms with E-state index in [1.54, 1.807) is 0 Å². The van der Waals surface area contributed by atoms with E-state index in [9.17, 15) is 0 Å². The van der Waals surface area contributed by atoms with Gasteiger partial charge in [0.25, 0.3) is 0 Å². The van der Waals surface area contributed by atoms with Crippen LogP contribution in [0.1, 0.15) is 23.0 Å². The Labute approximate surface area is 128 Å². The van der Waals surface area contributed by atoms with Crippen molar-refractivity contribution in [3.05, 3.63) is 59.5 Å². The van der Waals surface area contributed by atoms with Gasteiger partial charge in [0.05, 0.1) is 0 Å². The van der Waals surface area contributed by atoms with E-state index in [1.807, 2.05) is 18.3 Å². The van der Waals surface area contributed by atoms with Crippen LogP contribution in [-0.4, -0.2) is 20.4 Å². The van der Waals surface area contributed by atoms with Crippen LogP contribution in [0.25, 0.3) is 11.2 Å². The van der Waals surface area contributed by atoms with E-state index < -0.39 is 0 Å². The molecule has 0 unspecified atom stereocenters. The van der Waals surface area contributed by atoms with Gasteiger partial charge in [-0.1, -0.05) is 24.3 Å². The normalized spacial score (nSPS) is 14.7. The summed E-state index contributed by atoms with van der Waals surface area (Å²) in [6.07, 6.45) is 4.72. The van der Waals surface area contributed by atoms with Gasteiger partial charge in [0, 0.05) is 24.5 Å². The number of aromatic nitrogens is 3. The molecule has 0 N–H and O–H groups in total.